The van der Waals surface area contributed by atoms with Gasteiger partial charge in [0, 0.05) is 16.9 Å². The molecule has 0 atom stereocenters. The standard InChI is InChI=1S/C24H20N2/c25-21-15-13-19(14-16-21)22-7-4-8-23(26)24(22)20-11-9-18(10-12-20)17-5-2-1-3-6-17/h1-16H,25-26H2. The van der Waals surface area contributed by atoms with Crippen LogP contribution in [0.2, 0.25) is 0 Å². The zero-order valence-electron chi connectivity index (χ0n) is 14.4. The minimum Gasteiger partial charge on any atom is -0.399 e. The van der Waals surface area contributed by atoms with Gasteiger partial charge in [-0.15, -0.1) is 0 Å². The van der Waals surface area contributed by atoms with Crippen molar-refractivity contribution < 1.29 is 0 Å². The van der Waals surface area contributed by atoms with Crippen molar-refractivity contribution in [2.24, 2.45) is 0 Å². The van der Waals surface area contributed by atoms with Crippen LogP contribution in [0, 0.1) is 0 Å². The molecule has 0 aliphatic heterocycles. The van der Waals surface area contributed by atoms with E-state index in [1.165, 1.54) is 11.1 Å². The highest BCUT2D eigenvalue weighted by molar-refractivity contribution is 5.91. The van der Waals surface area contributed by atoms with Gasteiger partial charge in [0.05, 0.1) is 0 Å². The molecule has 0 saturated carbocycles. The lowest BCUT2D eigenvalue weighted by Crippen LogP contribution is -1.94. The fourth-order valence-electron chi connectivity index (χ4n) is 3.26. The highest BCUT2D eigenvalue weighted by Gasteiger charge is 2.11. The molecule has 0 unspecified atom stereocenters. The summed E-state index contributed by atoms with van der Waals surface area (Å²) in [5.74, 6) is 0. The summed E-state index contributed by atoms with van der Waals surface area (Å²) in [7, 11) is 0. The quantitative estimate of drug-likeness (QED) is 0.461. The topological polar surface area (TPSA) is 52.0 Å². The first-order valence-electron chi connectivity index (χ1n) is 8.62. The zero-order valence-corrected chi connectivity index (χ0v) is 14.4. The lowest BCUT2D eigenvalue weighted by atomic mass is 9.92. The molecule has 0 spiro atoms. The van der Waals surface area contributed by atoms with Gasteiger partial charge in [-0.3, -0.25) is 0 Å². The maximum absolute atomic E-state index is 6.35. The molecule has 0 bridgehead atoms. The summed E-state index contributed by atoms with van der Waals surface area (Å²) in [6, 6.07) is 32.9. The molecule has 4 rings (SSSR count). The Balaban J connectivity index is 1.79. The van der Waals surface area contributed by atoms with Crippen molar-refractivity contribution in [2.45, 2.75) is 0 Å². The first-order valence-corrected chi connectivity index (χ1v) is 8.62. The average Bonchev–Trinajstić information content (AvgIpc) is 2.69. The van der Waals surface area contributed by atoms with Crippen LogP contribution >= 0.6 is 0 Å². The van der Waals surface area contributed by atoms with E-state index in [2.05, 4.69) is 54.6 Å². The summed E-state index contributed by atoms with van der Waals surface area (Å²) in [5, 5.41) is 0. The molecule has 0 aliphatic rings. The van der Waals surface area contributed by atoms with Crippen molar-refractivity contribution in [1.82, 2.24) is 0 Å². The van der Waals surface area contributed by atoms with Crippen LogP contribution < -0.4 is 11.5 Å². The maximum Gasteiger partial charge on any atom is 0.0400 e. The predicted molar refractivity (Wildman–Crippen MR) is 112 cm³/mol. The third kappa shape index (κ3) is 3.05. The Morgan fingerprint density at radius 2 is 1.00 bits per heavy atom. The Kier molecular flexibility index (Phi) is 4.16. The lowest BCUT2D eigenvalue weighted by molar-refractivity contribution is 1.56. The van der Waals surface area contributed by atoms with E-state index in [1.807, 2.05) is 42.5 Å². The molecule has 0 radical (unpaired) electrons. The molecular formula is C24H20N2. The van der Waals surface area contributed by atoms with E-state index in [1.54, 1.807) is 0 Å². The molecule has 0 fully saturated rings. The molecule has 4 aromatic rings. The van der Waals surface area contributed by atoms with Gasteiger partial charge in [0.1, 0.15) is 0 Å². The molecule has 0 heterocycles. The van der Waals surface area contributed by atoms with E-state index in [-0.39, 0.29) is 0 Å². The third-order valence-corrected chi connectivity index (χ3v) is 4.60. The van der Waals surface area contributed by atoms with Gasteiger partial charge in [-0.25, -0.2) is 0 Å². The van der Waals surface area contributed by atoms with Gasteiger partial charge in [0.25, 0.3) is 0 Å². The van der Waals surface area contributed by atoms with Crippen LogP contribution in [0.25, 0.3) is 33.4 Å². The van der Waals surface area contributed by atoms with Crippen molar-refractivity contribution in [3.63, 3.8) is 0 Å². The molecule has 126 valence electrons. The van der Waals surface area contributed by atoms with Crippen molar-refractivity contribution in [3.05, 3.63) is 97.1 Å². The monoisotopic (exact) mass is 336 g/mol. The summed E-state index contributed by atoms with van der Waals surface area (Å²) >= 11 is 0. The molecule has 2 heteroatoms. The van der Waals surface area contributed by atoms with E-state index in [4.69, 9.17) is 11.5 Å². The van der Waals surface area contributed by atoms with Gasteiger partial charge in [-0.1, -0.05) is 78.9 Å². The van der Waals surface area contributed by atoms with Gasteiger partial charge in [-0.2, -0.15) is 0 Å². The first-order chi connectivity index (χ1) is 12.7. The summed E-state index contributed by atoms with van der Waals surface area (Å²) in [6.07, 6.45) is 0. The van der Waals surface area contributed by atoms with Gasteiger partial charge in [0.15, 0.2) is 0 Å². The number of nitrogen functional groups attached to an aromatic ring is 2. The average molecular weight is 336 g/mol. The van der Waals surface area contributed by atoms with Crippen LogP contribution in [0.4, 0.5) is 11.4 Å². The highest BCUT2D eigenvalue weighted by atomic mass is 14.6. The highest BCUT2D eigenvalue weighted by Crippen LogP contribution is 2.37. The maximum atomic E-state index is 6.35. The van der Waals surface area contributed by atoms with Crippen LogP contribution in [-0.2, 0) is 0 Å². The SMILES string of the molecule is Nc1ccc(-c2cccc(N)c2-c2ccc(-c3ccccc3)cc2)cc1. The molecule has 26 heavy (non-hydrogen) atoms. The molecule has 4 aromatic carbocycles. The molecular weight excluding hydrogens is 316 g/mol. The molecule has 0 saturated heterocycles. The fourth-order valence-corrected chi connectivity index (χ4v) is 3.26. The lowest BCUT2D eigenvalue weighted by Gasteiger charge is -2.14. The normalized spacial score (nSPS) is 10.6. The van der Waals surface area contributed by atoms with Gasteiger partial charge >= 0.3 is 0 Å². The van der Waals surface area contributed by atoms with Crippen molar-refractivity contribution in [1.29, 1.82) is 0 Å². The summed E-state index contributed by atoms with van der Waals surface area (Å²) < 4.78 is 0. The second-order valence-corrected chi connectivity index (χ2v) is 6.34. The zero-order chi connectivity index (χ0) is 17.9. The molecule has 2 nitrogen and oxygen atoms in total. The Morgan fingerprint density at radius 3 is 1.69 bits per heavy atom. The van der Waals surface area contributed by atoms with Crippen LogP contribution in [0.5, 0.6) is 0 Å². The summed E-state index contributed by atoms with van der Waals surface area (Å²) in [5.41, 5.74) is 20.5. The smallest absolute Gasteiger partial charge is 0.0400 e. The first kappa shape index (κ1) is 16.0. The number of rotatable bonds is 3. The van der Waals surface area contributed by atoms with E-state index >= 15 is 0 Å². The van der Waals surface area contributed by atoms with Crippen LogP contribution in [0.15, 0.2) is 97.1 Å². The Bertz CT molecular complexity index is 1020. The second kappa shape index (κ2) is 6.77. The van der Waals surface area contributed by atoms with Gasteiger partial charge < -0.3 is 11.5 Å². The van der Waals surface area contributed by atoms with Crippen LogP contribution in [0.3, 0.4) is 0 Å². The number of hydrogen-bond donors (Lipinski definition) is 2. The fraction of sp³-hybridized carbons (Fsp3) is 0. The van der Waals surface area contributed by atoms with Crippen LogP contribution in [0.1, 0.15) is 0 Å². The number of nitrogens with two attached hydrogens (primary N) is 2. The number of hydrogen-bond acceptors (Lipinski definition) is 2. The van der Waals surface area contributed by atoms with Gasteiger partial charge in [0.2, 0.25) is 0 Å². The molecule has 0 aromatic heterocycles. The molecule has 0 aliphatic carbocycles. The summed E-state index contributed by atoms with van der Waals surface area (Å²) in [6.45, 7) is 0. The van der Waals surface area contributed by atoms with E-state index < -0.39 is 0 Å². The van der Waals surface area contributed by atoms with Crippen LogP contribution in [-0.4, -0.2) is 0 Å². The molecule has 4 N–H and O–H groups in total. The van der Waals surface area contributed by atoms with Crippen molar-refractivity contribution in [2.75, 3.05) is 11.5 Å². The summed E-state index contributed by atoms with van der Waals surface area (Å²) in [4.78, 5) is 0. The van der Waals surface area contributed by atoms with E-state index in [0.29, 0.717) is 0 Å². The number of anilines is 2. The second-order valence-electron chi connectivity index (χ2n) is 6.34. The minimum absolute atomic E-state index is 0.756. The molecule has 0 amide bonds. The number of benzene rings is 4. The largest absolute Gasteiger partial charge is 0.399 e. The van der Waals surface area contributed by atoms with E-state index in [9.17, 15) is 0 Å². The minimum atomic E-state index is 0.756. The van der Waals surface area contributed by atoms with Gasteiger partial charge in [-0.05, 0) is 46.0 Å². The van der Waals surface area contributed by atoms with Crippen molar-refractivity contribution in [3.8, 4) is 33.4 Å². The van der Waals surface area contributed by atoms with Crippen molar-refractivity contribution >= 4 is 11.4 Å². The third-order valence-electron chi connectivity index (χ3n) is 4.60. The predicted octanol–water partition coefficient (Wildman–Crippen LogP) is 5.85. The Morgan fingerprint density at radius 1 is 0.423 bits per heavy atom. The van der Waals surface area contributed by atoms with E-state index in [0.717, 1.165) is 33.6 Å². The Hall–Kier alpha value is -3.52. The Labute approximate surface area is 153 Å².